The van der Waals surface area contributed by atoms with Crippen LogP contribution >= 0.6 is 0 Å². The Bertz CT molecular complexity index is 503. The van der Waals surface area contributed by atoms with Gasteiger partial charge < -0.3 is 4.74 Å². The van der Waals surface area contributed by atoms with Crippen LogP contribution in [0.2, 0.25) is 0 Å². The van der Waals surface area contributed by atoms with Gasteiger partial charge >= 0.3 is 0 Å². The van der Waals surface area contributed by atoms with Gasteiger partial charge in [0.25, 0.3) is 0 Å². The maximum atomic E-state index is 10.7. The molecule has 0 spiro atoms. The van der Waals surface area contributed by atoms with Gasteiger partial charge in [0.05, 0.1) is 6.61 Å². The van der Waals surface area contributed by atoms with Crippen LogP contribution in [-0.4, -0.2) is 12.9 Å². The van der Waals surface area contributed by atoms with Crippen LogP contribution in [0.25, 0.3) is 10.8 Å². The van der Waals surface area contributed by atoms with E-state index in [1.807, 2.05) is 36.4 Å². The number of benzene rings is 2. The molecule has 2 aromatic rings. The average Bonchev–Trinajstić information content (AvgIpc) is 2.35. The normalized spacial score (nSPS) is 10.3. The van der Waals surface area contributed by atoms with Crippen LogP contribution in [0, 0.1) is 0 Å². The Kier molecular flexibility index (Phi) is 3.20. The lowest BCUT2D eigenvalue weighted by Gasteiger charge is -2.06. The van der Waals surface area contributed by atoms with Gasteiger partial charge in [-0.1, -0.05) is 25.1 Å². The number of aldehydes is 1. The molecule has 0 aliphatic heterocycles. The lowest BCUT2D eigenvalue weighted by Crippen LogP contribution is -1.94. The summed E-state index contributed by atoms with van der Waals surface area (Å²) in [7, 11) is 0. The number of hydrogen-bond donors (Lipinski definition) is 0. The van der Waals surface area contributed by atoms with E-state index < -0.39 is 0 Å². The van der Waals surface area contributed by atoms with Crippen LogP contribution in [0.3, 0.4) is 0 Å². The monoisotopic (exact) mass is 214 g/mol. The van der Waals surface area contributed by atoms with Crippen molar-refractivity contribution in [3.8, 4) is 5.75 Å². The second-order valence-corrected chi connectivity index (χ2v) is 3.73. The summed E-state index contributed by atoms with van der Waals surface area (Å²) in [5, 5.41) is 2.16. The van der Waals surface area contributed by atoms with Crippen molar-refractivity contribution in [3.05, 3.63) is 42.0 Å². The molecule has 0 radical (unpaired) electrons. The largest absolute Gasteiger partial charge is 0.494 e. The lowest BCUT2D eigenvalue weighted by atomic mass is 10.1. The first kappa shape index (κ1) is 10.7. The molecule has 2 heteroatoms. The third kappa shape index (κ3) is 2.22. The molecule has 0 amide bonds. The fraction of sp³-hybridized carbons (Fsp3) is 0.214. The van der Waals surface area contributed by atoms with Crippen LogP contribution in [0.15, 0.2) is 36.4 Å². The Labute approximate surface area is 94.8 Å². The first-order valence-corrected chi connectivity index (χ1v) is 5.45. The molecule has 0 N–H and O–H groups in total. The molecule has 2 rings (SSSR count). The Hall–Kier alpha value is -1.83. The highest BCUT2D eigenvalue weighted by Gasteiger charge is 1.98. The smallest absolute Gasteiger partial charge is 0.150 e. The standard InChI is InChI=1S/C14H14O2/c1-2-7-16-14-6-5-12-4-3-11(10-15)8-13(12)9-14/h3-6,8-10H,2,7H2,1H3. The van der Waals surface area contributed by atoms with E-state index in [1.54, 1.807) is 0 Å². The molecule has 0 unspecified atom stereocenters. The van der Waals surface area contributed by atoms with Gasteiger partial charge in [-0.05, 0) is 35.4 Å². The van der Waals surface area contributed by atoms with Crippen LogP contribution in [-0.2, 0) is 0 Å². The third-order valence-corrected chi connectivity index (χ3v) is 2.44. The number of ether oxygens (including phenoxy) is 1. The van der Waals surface area contributed by atoms with Gasteiger partial charge in [0.15, 0.2) is 0 Å². The summed E-state index contributed by atoms with van der Waals surface area (Å²) >= 11 is 0. The molecule has 0 heterocycles. The quantitative estimate of drug-likeness (QED) is 0.729. The highest BCUT2D eigenvalue weighted by atomic mass is 16.5. The molecule has 0 fully saturated rings. The molecule has 16 heavy (non-hydrogen) atoms. The van der Waals surface area contributed by atoms with E-state index in [1.165, 1.54) is 0 Å². The molecule has 0 saturated heterocycles. The van der Waals surface area contributed by atoms with Crippen molar-refractivity contribution in [2.45, 2.75) is 13.3 Å². The van der Waals surface area contributed by atoms with Crippen LogP contribution in [0.4, 0.5) is 0 Å². The van der Waals surface area contributed by atoms with Gasteiger partial charge in [-0.25, -0.2) is 0 Å². The fourth-order valence-electron chi connectivity index (χ4n) is 1.63. The van der Waals surface area contributed by atoms with Crippen molar-refractivity contribution in [1.29, 1.82) is 0 Å². The van der Waals surface area contributed by atoms with Gasteiger partial charge in [0.2, 0.25) is 0 Å². The van der Waals surface area contributed by atoms with Gasteiger partial charge in [-0.15, -0.1) is 0 Å². The van der Waals surface area contributed by atoms with E-state index in [4.69, 9.17) is 4.74 Å². The number of hydrogen-bond acceptors (Lipinski definition) is 2. The van der Waals surface area contributed by atoms with Crippen molar-refractivity contribution in [1.82, 2.24) is 0 Å². The van der Waals surface area contributed by atoms with Crippen molar-refractivity contribution >= 4 is 17.1 Å². The second kappa shape index (κ2) is 4.79. The molecular weight excluding hydrogens is 200 g/mol. The zero-order chi connectivity index (χ0) is 11.4. The average molecular weight is 214 g/mol. The third-order valence-electron chi connectivity index (χ3n) is 2.44. The maximum absolute atomic E-state index is 10.7. The predicted octanol–water partition coefficient (Wildman–Crippen LogP) is 3.44. The first-order chi connectivity index (χ1) is 7.83. The zero-order valence-corrected chi connectivity index (χ0v) is 9.27. The second-order valence-electron chi connectivity index (χ2n) is 3.73. The number of fused-ring (bicyclic) bond motifs is 1. The SMILES string of the molecule is CCCOc1ccc2ccc(C=O)cc2c1. The summed E-state index contributed by atoms with van der Waals surface area (Å²) in [5.74, 6) is 0.859. The van der Waals surface area contributed by atoms with E-state index in [-0.39, 0.29) is 0 Å². The highest BCUT2D eigenvalue weighted by Crippen LogP contribution is 2.21. The lowest BCUT2D eigenvalue weighted by molar-refractivity contribution is 0.112. The number of rotatable bonds is 4. The first-order valence-electron chi connectivity index (χ1n) is 5.45. The summed E-state index contributed by atoms with van der Waals surface area (Å²) in [6.07, 6.45) is 1.85. The van der Waals surface area contributed by atoms with Crippen LogP contribution < -0.4 is 4.74 Å². The summed E-state index contributed by atoms with van der Waals surface area (Å²) in [5.41, 5.74) is 0.695. The topological polar surface area (TPSA) is 26.3 Å². The van der Waals surface area contributed by atoms with E-state index in [0.717, 1.165) is 35.8 Å². The van der Waals surface area contributed by atoms with Gasteiger partial charge in [0.1, 0.15) is 12.0 Å². The zero-order valence-electron chi connectivity index (χ0n) is 9.27. The van der Waals surface area contributed by atoms with E-state index in [2.05, 4.69) is 6.92 Å². The van der Waals surface area contributed by atoms with E-state index in [0.29, 0.717) is 5.56 Å². The van der Waals surface area contributed by atoms with Gasteiger partial charge in [-0.3, -0.25) is 4.79 Å². The molecule has 0 aliphatic rings. The van der Waals surface area contributed by atoms with Crippen LogP contribution in [0.5, 0.6) is 5.75 Å². The van der Waals surface area contributed by atoms with E-state index >= 15 is 0 Å². The van der Waals surface area contributed by atoms with Crippen molar-refractivity contribution in [3.63, 3.8) is 0 Å². The van der Waals surface area contributed by atoms with E-state index in [9.17, 15) is 4.79 Å². The molecule has 0 bridgehead atoms. The minimum absolute atomic E-state index is 0.695. The minimum Gasteiger partial charge on any atom is -0.494 e. The molecule has 2 nitrogen and oxygen atoms in total. The summed E-state index contributed by atoms with van der Waals surface area (Å²) < 4.78 is 5.55. The Morgan fingerprint density at radius 2 is 1.94 bits per heavy atom. The Balaban J connectivity index is 2.38. The molecular formula is C14H14O2. The van der Waals surface area contributed by atoms with Gasteiger partial charge in [0, 0.05) is 5.56 Å². The Morgan fingerprint density at radius 1 is 1.12 bits per heavy atom. The molecule has 0 saturated carbocycles. The molecule has 0 atom stereocenters. The summed E-state index contributed by atoms with van der Waals surface area (Å²) in [6.45, 7) is 2.80. The number of carbonyl (C=O) groups excluding carboxylic acids is 1. The van der Waals surface area contributed by atoms with Crippen molar-refractivity contribution in [2.24, 2.45) is 0 Å². The summed E-state index contributed by atoms with van der Waals surface area (Å²) in [6, 6.07) is 11.6. The van der Waals surface area contributed by atoms with Crippen molar-refractivity contribution in [2.75, 3.05) is 6.61 Å². The fourth-order valence-corrected chi connectivity index (χ4v) is 1.63. The van der Waals surface area contributed by atoms with Gasteiger partial charge in [-0.2, -0.15) is 0 Å². The van der Waals surface area contributed by atoms with Crippen molar-refractivity contribution < 1.29 is 9.53 Å². The summed E-state index contributed by atoms with van der Waals surface area (Å²) in [4.78, 5) is 10.7. The number of carbonyl (C=O) groups is 1. The Morgan fingerprint density at radius 3 is 2.69 bits per heavy atom. The molecule has 0 aromatic heterocycles. The maximum Gasteiger partial charge on any atom is 0.150 e. The predicted molar refractivity (Wildman–Crippen MR) is 65.1 cm³/mol. The molecule has 0 aliphatic carbocycles. The van der Waals surface area contributed by atoms with Crippen LogP contribution in [0.1, 0.15) is 23.7 Å². The minimum atomic E-state index is 0.695. The molecule has 82 valence electrons. The molecule has 2 aromatic carbocycles. The highest BCUT2D eigenvalue weighted by molar-refractivity contribution is 5.89.